The zero-order valence-electron chi connectivity index (χ0n) is 22.9. The predicted octanol–water partition coefficient (Wildman–Crippen LogP) is 6.73. The second-order valence-corrected chi connectivity index (χ2v) is 9.65. The van der Waals surface area contributed by atoms with Crippen molar-refractivity contribution in [2.75, 3.05) is 26.2 Å². The summed E-state index contributed by atoms with van der Waals surface area (Å²) in [4.78, 5) is 0. The Labute approximate surface area is 238 Å². The summed E-state index contributed by atoms with van der Waals surface area (Å²) in [6, 6.07) is 8.49. The summed E-state index contributed by atoms with van der Waals surface area (Å²) in [7, 11) is 0. The third kappa shape index (κ3) is 10.5. The molecule has 0 bridgehead atoms. The van der Waals surface area contributed by atoms with E-state index in [9.17, 15) is 13.2 Å². The number of allylic oxidation sites excluding steroid dienone is 1. The molecule has 0 radical (unpaired) electrons. The first-order valence-corrected chi connectivity index (χ1v) is 13.9. The summed E-state index contributed by atoms with van der Waals surface area (Å²) in [6.45, 7) is 7.79. The molecule has 11 heteroatoms. The van der Waals surface area contributed by atoms with Crippen molar-refractivity contribution in [1.29, 1.82) is 0 Å². The van der Waals surface area contributed by atoms with Crippen molar-refractivity contribution >= 4 is 17.7 Å². The highest BCUT2D eigenvalue weighted by Gasteiger charge is 2.32. The molecule has 0 saturated heterocycles. The second kappa shape index (κ2) is 16.2. The number of hydrogen-bond acceptors (Lipinski definition) is 6. The van der Waals surface area contributed by atoms with Gasteiger partial charge in [-0.1, -0.05) is 50.1 Å². The van der Waals surface area contributed by atoms with Gasteiger partial charge in [-0.25, -0.2) is 0 Å². The largest absolute Gasteiger partial charge is 0.573 e. The van der Waals surface area contributed by atoms with Crippen LogP contribution in [0.3, 0.4) is 0 Å². The molecule has 7 nitrogen and oxygen atoms in total. The van der Waals surface area contributed by atoms with Gasteiger partial charge < -0.3 is 20.1 Å². The van der Waals surface area contributed by atoms with Gasteiger partial charge in [0.05, 0.1) is 17.3 Å². The summed E-state index contributed by atoms with van der Waals surface area (Å²) >= 11 is 5.90. The van der Waals surface area contributed by atoms with Gasteiger partial charge in [-0.2, -0.15) is 0 Å². The van der Waals surface area contributed by atoms with Crippen molar-refractivity contribution in [3.05, 3.63) is 70.8 Å². The Morgan fingerprint density at radius 2 is 1.73 bits per heavy atom. The smallest absolute Gasteiger partial charge is 0.493 e. The average Bonchev–Trinajstić information content (AvgIpc) is 3.45. The molecule has 0 atom stereocenters. The number of nitrogens with zero attached hydrogens (tertiary/aromatic N) is 3. The predicted molar refractivity (Wildman–Crippen MR) is 152 cm³/mol. The van der Waals surface area contributed by atoms with Crippen molar-refractivity contribution in [3.63, 3.8) is 0 Å². The van der Waals surface area contributed by atoms with Gasteiger partial charge in [-0.15, -0.1) is 23.4 Å². The van der Waals surface area contributed by atoms with Gasteiger partial charge in [0.1, 0.15) is 24.2 Å². The highest BCUT2D eigenvalue weighted by atomic mass is 35.5. The van der Waals surface area contributed by atoms with E-state index in [2.05, 4.69) is 57.6 Å². The van der Waals surface area contributed by atoms with Crippen LogP contribution in [0.5, 0.6) is 11.5 Å². The molecule has 1 heterocycles. The zero-order chi connectivity index (χ0) is 28.8. The molecular weight excluding hydrogens is 543 g/mol. The van der Waals surface area contributed by atoms with Crippen LogP contribution < -0.4 is 20.1 Å². The number of aromatic nitrogens is 3. The number of aryl methyl sites for hydroxylation is 1. The van der Waals surface area contributed by atoms with Gasteiger partial charge in [0.25, 0.3) is 0 Å². The zero-order valence-corrected chi connectivity index (χ0v) is 23.7. The molecule has 0 aliphatic rings. The Morgan fingerprint density at radius 3 is 2.42 bits per heavy atom. The molecule has 218 valence electrons. The quantitative estimate of drug-likeness (QED) is 0.173. The lowest BCUT2D eigenvalue weighted by molar-refractivity contribution is -0.274. The number of nitrogens with one attached hydrogen (secondary N) is 2. The molecule has 0 saturated carbocycles. The fourth-order valence-corrected chi connectivity index (χ4v) is 4.35. The van der Waals surface area contributed by atoms with E-state index in [1.807, 2.05) is 10.6 Å². The SMILES string of the molecule is CC/C=C\c1c(CCC)cc(-n2cnnc2)cc1OCCCNCCCNCc1ccc(OC(F)(F)F)c(Cl)c1. The molecule has 0 spiro atoms. The topological polar surface area (TPSA) is 73.2 Å². The van der Waals surface area contributed by atoms with Gasteiger partial charge >= 0.3 is 6.36 Å². The molecule has 0 amide bonds. The minimum atomic E-state index is -4.76. The molecule has 0 aliphatic heterocycles. The van der Waals surface area contributed by atoms with E-state index >= 15 is 0 Å². The van der Waals surface area contributed by atoms with E-state index in [1.165, 1.54) is 17.7 Å². The van der Waals surface area contributed by atoms with Crippen molar-refractivity contribution < 1.29 is 22.6 Å². The minimum Gasteiger partial charge on any atom is -0.493 e. The molecule has 3 aromatic rings. The van der Waals surface area contributed by atoms with Crippen LogP contribution >= 0.6 is 11.6 Å². The third-order valence-corrected chi connectivity index (χ3v) is 6.28. The fraction of sp³-hybridized carbons (Fsp3) is 0.448. The summed E-state index contributed by atoms with van der Waals surface area (Å²) in [6.07, 6.45) is 7.62. The first-order valence-electron chi connectivity index (χ1n) is 13.6. The van der Waals surface area contributed by atoms with Gasteiger partial charge in [0, 0.05) is 18.2 Å². The summed E-state index contributed by atoms with van der Waals surface area (Å²) in [5, 5.41) is 14.5. The van der Waals surface area contributed by atoms with Crippen LogP contribution in [0.15, 0.2) is 49.1 Å². The minimum absolute atomic E-state index is 0.0685. The highest BCUT2D eigenvalue weighted by Crippen LogP contribution is 2.31. The first kappa shape index (κ1) is 31.4. The number of ether oxygens (including phenoxy) is 2. The Hall–Kier alpha value is -3.08. The summed E-state index contributed by atoms with van der Waals surface area (Å²) in [5.41, 5.74) is 4.14. The van der Waals surface area contributed by atoms with E-state index in [1.54, 1.807) is 18.7 Å². The Morgan fingerprint density at radius 1 is 0.975 bits per heavy atom. The van der Waals surface area contributed by atoms with Gasteiger partial charge in [0.15, 0.2) is 0 Å². The monoisotopic (exact) mass is 579 g/mol. The van der Waals surface area contributed by atoms with Crippen LogP contribution in [0.25, 0.3) is 11.8 Å². The number of alkyl halides is 3. The molecular formula is C29H37ClF3N5O2. The van der Waals surface area contributed by atoms with Crippen LogP contribution in [0, 0.1) is 0 Å². The number of halogens is 4. The van der Waals surface area contributed by atoms with Crippen LogP contribution in [-0.4, -0.2) is 47.4 Å². The van der Waals surface area contributed by atoms with Crippen LogP contribution in [-0.2, 0) is 13.0 Å². The highest BCUT2D eigenvalue weighted by molar-refractivity contribution is 6.32. The van der Waals surface area contributed by atoms with Crippen LogP contribution in [0.1, 0.15) is 56.2 Å². The second-order valence-electron chi connectivity index (χ2n) is 9.24. The maximum atomic E-state index is 12.4. The van der Waals surface area contributed by atoms with E-state index in [0.717, 1.165) is 74.3 Å². The van der Waals surface area contributed by atoms with E-state index in [-0.39, 0.29) is 5.02 Å². The molecule has 0 fully saturated rings. The van der Waals surface area contributed by atoms with Gasteiger partial charge in [0.2, 0.25) is 0 Å². The Kier molecular flexibility index (Phi) is 12.8. The lowest BCUT2D eigenvalue weighted by atomic mass is 10.00. The number of hydrogen-bond donors (Lipinski definition) is 2. The summed E-state index contributed by atoms with van der Waals surface area (Å²) in [5.74, 6) is 0.464. The lowest BCUT2D eigenvalue weighted by Gasteiger charge is -2.16. The maximum Gasteiger partial charge on any atom is 0.573 e. The Bertz CT molecular complexity index is 1200. The normalized spacial score (nSPS) is 11.8. The molecule has 0 unspecified atom stereocenters. The first-order chi connectivity index (χ1) is 19.3. The average molecular weight is 580 g/mol. The molecule has 2 N–H and O–H groups in total. The van der Waals surface area contributed by atoms with Crippen LogP contribution in [0.4, 0.5) is 13.2 Å². The fourth-order valence-electron chi connectivity index (χ4n) is 4.11. The molecule has 3 rings (SSSR count). The van der Waals surface area contributed by atoms with E-state index in [0.29, 0.717) is 13.2 Å². The lowest BCUT2D eigenvalue weighted by Crippen LogP contribution is -2.23. The molecule has 1 aromatic heterocycles. The van der Waals surface area contributed by atoms with Crippen molar-refractivity contribution in [2.45, 2.75) is 58.9 Å². The summed E-state index contributed by atoms with van der Waals surface area (Å²) < 4.78 is 49.1. The molecule has 2 aromatic carbocycles. The number of rotatable bonds is 17. The standard InChI is InChI=1S/C29H37ClF3N5O2/c1-3-5-9-25-23(8-4-2)17-24(38-20-36-37-21-38)18-28(25)39-15-7-14-34-12-6-13-35-19-22-10-11-27(26(30)16-22)40-29(31,32)33/h5,9-11,16-18,20-21,34-35H,3-4,6-8,12-15,19H2,1-2H3/b9-5-. The van der Waals surface area contributed by atoms with Gasteiger partial charge in [-0.3, -0.25) is 4.57 Å². The Balaban J connectivity index is 1.39. The molecule has 0 aliphatic carbocycles. The third-order valence-electron chi connectivity index (χ3n) is 5.98. The maximum absolute atomic E-state index is 12.4. The van der Waals surface area contributed by atoms with E-state index in [4.69, 9.17) is 16.3 Å². The number of benzene rings is 2. The van der Waals surface area contributed by atoms with Crippen molar-refractivity contribution in [1.82, 2.24) is 25.4 Å². The van der Waals surface area contributed by atoms with Gasteiger partial charge in [-0.05, 0) is 74.6 Å². The van der Waals surface area contributed by atoms with Crippen molar-refractivity contribution in [2.24, 2.45) is 0 Å². The van der Waals surface area contributed by atoms with Crippen molar-refractivity contribution in [3.8, 4) is 17.2 Å². The van der Waals surface area contributed by atoms with E-state index < -0.39 is 12.1 Å². The van der Waals surface area contributed by atoms with Crippen LogP contribution in [0.2, 0.25) is 5.02 Å². The molecule has 40 heavy (non-hydrogen) atoms.